The van der Waals surface area contributed by atoms with Crippen LogP contribution in [0.1, 0.15) is 13.8 Å². The van der Waals surface area contributed by atoms with Crippen molar-refractivity contribution in [2.24, 2.45) is 5.92 Å². The average molecular weight is 294 g/mol. The summed E-state index contributed by atoms with van der Waals surface area (Å²) in [5, 5.41) is 1.06. The maximum atomic E-state index is 4.60. The fraction of sp³-hybridized carbons (Fsp3) is 0.385. The summed E-state index contributed by atoms with van der Waals surface area (Å²) in [5.74, 6) is 1.37. The first-order valence-corrected chi connectivity index (χ1v) is 6.49. The third kappa shape index (κ3) is 2.75. The molecule has 0 radical (unpaired) electrons. The number of halogens is 1. The summed E-state index contributed by atoms with van der Waals surface area (Å²) in [5.41, 5.74) is 0.966. The summed E-state index contributed by atoms with van der Waals surface area (Å²) in [4.78, 5) is 11.1. The van der Waals surface area contributed by atoms with Crippen LogP contribution in [0.3, 0.4) is 0 Å². The summed E-state index contributed by atoms with van der Waals surface area (Å²) in [6.07, 6.45) is 1.87. The number of para-hydroxylation sites is 1. The molecular weight excluding hydrogens is 278 g/mol. The van der Waals surface area contributed by atoms with E-state index in [0.717, 1.165) is 27.9 Å². The predicted molar refractivity (Wildman–Crippen MR) is 75.3 cm³/mol. The van der Waals surface area contributed by atoms with Gasteiger partial charge in [-0.15, -0.1) is 0 Å². The fourth-order valence-electron chi connectivity index (χ4n) is 1.82. The van der Waals surface area contributed by atoms with Crippen molar-refractivity contribution in [3.05, 3.63) is 28.9 Å². The molecule has 4 heteroatoms. The van der Waals surface area contributed by atoms with E-state index in [1.54, 1.807) is 0 Å². The largest absolute Gasteiger partial charge is 0.344 e. The lowest BCUT2D eigenvalue weighted by atomic mass is 10.2. The van der Waals surface area contributed by atoms with Crippen LogP contribution < -0.4 is 4.90 Å². The van der Waals surface area contributed by atoms with Crippen molar-refractivity contribution < 1.29 is 0 Å². The molecule has 0 bridgehead atoms. The van der Waals surface area contributed by atoms with Gasteiger partial charge in [-0.1, -0.05) is 26.0 Å². The molecule has 1 aromatic carbocycles. The fourth-order valence-corrected chi connectivity index (χ4v) is 2.29. The molecule has 0 saturated carbocycles. The molecule has 0 N–H and O–H groups in total. The lowest BCUT2D eigenvalue weighted by molar-refractivity contribution is 0.630. The van der Waals surface area contributed by atoms with E-state index in [4.69, 9.17) is 0 Å². The number of aromatic nitrogens is 2. The van der Waals surface area contributed by atoms with Gasteiger partial charge in [0.1, 0.15) is 0 Å². The van der Waals surface area contributed by atoms with Gasteiger partial charge < -0.3 is 4.90 Å². The third-order valence-electron chi connectivity index (χ3n) is 2.53. The normalized spacial score (nSPS) is 11.1. The van der Waals surface area contributed by atoms with Crippen LogP contribution in [-0.4, -0.2) is 23.6 Å². The monoisotopic (exact) mass is 293 g/mol. The van der Waals surface area contributed by atoms with Crippen molar-refractivity contribution in [2.75, 3.05) is 18.5 Å². The zero-order chi connectivity index (χ0) is 12.4. The smallest absolute Gasteiger partial charge is 0.225 e. The first kappa shape index (κ1) is 12.3. The minimum absolute atomic E-state index is 0.596. The third-order valence-corrected chi connectivity index (χ3v) is 3.17. The summed E-state index contributed by atoms with van der Waals surface area (Å²) in [7, 11) is 2.03. The highest BCUT2D eigenvalue weighted by Gasteiger charge is 2.08. The molecule has 1 heterocycles. The van der Waals surface area contributed by atoms with Crippen LogP contribution in [0, 0.1) is 5.92 Å². The molecule has 3 nitrogen and oxygen atoms in total. The summed E-state index contributed by atoms with van der Waals surface area (Å²) < 4.78 is 1.01. The van der Waals surface area contributed by atoms with E-state index in [0.29, 0.717) is 5.92 Å². The van der Waals surface area contributed by atoms with Gasteiger partial charge in [0.25, 0.3) is 0 Å². The molecule has 0 aliphatic heterocycles. The summed E-state index contributed by atoms with van der Waals surface area (Å²) >= 11 is 3.52. The topological polar surface area (TPSA) is 29.0 Å². The van der Waals surface area contributed by atoms with E-state index in [9.17, 15) is 0 Å². The maximum Gasteiger partial charge on any atom is 0.225 e. The van der Waals surface area contributed by atoms with Crippen molar-refractivity contribution in [2.45, 2.75) is 13.8 Å². The van der Waals surface area contributed by atoms with Crippen LogP contribution in [0.2, 0.25) is 0 Å². The van der Waals surface area contributed by atoms with Crippen LogP contribution in [-0.2, 0) is 0 Å². The van der Waals surface area contributed by atoms with Crippen LogP contribution in [0.5, 0.6) is 0 Å². The molecule has 0 unspecified atom stereocenters. The maximum absolute atomic E-state index is 4.60. The number of anilines is 1. The Morgan fingerprint density at radius 2 is 2.12 bits per heavy atom. The van der Waals surface area contributed by atoms with Crippen molar-refractivity contribution >= 4 is 32.8 Å². The molecule has 17 heavy (non-hydrogen) atoms. The zero-order valence-corrected chi connectivity index (χ0v) is 11.9. The Balaban J connectivity index is 2.40. The minimum Gasteiger partial charge on any atom is -0.344 e. The second kappa shape index (κ2) is 5.00. The van der Waals surface area contributed by atoms with Crippen molar-refractivity contribution in [1.82, 2.24) is 9.97 Å². The van der Waals surface area contributed by atoms with E-state index in [1.165, 1.54) is 0 Å². The summed E-state index contributed by atoms with van der Waals surface area (Å²) in [6, 6.07) is 6.02. The molecule has 0 amide bonds. The van der Waals surface area contributed by atoms with Gasteiger partial charge in [-0.3, -0.25) is 0 Å². The minimum atomic E-state index is 0.596. The lowest BCUT2D eigenvalue weighted by Crippen LogP contribution is -2.24. The first-order valence-electron chi connectivity index (χ1n) is 5.70. The molecule has 0 atom stereocenters. The highest BCUT2D eigenvalue weighted by Crippen LogP contribution is 2.23. The molecule has 2 aromatic rings. The Morgan fingerprint density at radius 1 is 1.35 bits per heavy atom. The number of fused-ring (bicyclic) bond motifs is 1. The second-order valence-electron chi connectivity index (χ2n) is 4.62. The molecule has 90 valence electrons. The number of rotatable bonds is 3. The van der Waals surface area contributed by atoms with Gasteiger partial charge in [0.05, 0.1) is 5.52 Å². The van der Waals surface area contributed by atoms with Gasteiger partial charge >= 0.3 is 0 Å². The van der Waals surface area contributed by atoms with Crippen LogP contribution in [0.25, 0.3) is 10.9 Å². The van der Waals surface area contributed by atoms with Crippen LogP contribution in [0.15, 0.2) is 28.9 Å². The predicted octanol–water partition coefficient (Wildman–Crippen LogP) is 3.48. The van der Waals surface area contributed by atoms with E-state index >= 15 is 0 Å². The van der Waals surface area contributed by atoms with Crippen molar-refractivity contribution in [3.8, 4) is 0 Å². The van der Waals surface area contributed by atoms with E-state index in [2.05, 4.69) is 44.6 Å². The first-order chi connectivity index (χ1) is 8.08. The van der Waals surface area contributed by atoms with Crippen molar-refractivity contribution in [3.63, 3.8) is 0 Å². The average Bonchev–Trinajstić information content (AvgIpc) is 2.28. The van der Waals surface area contributed by atoms with Gasteiger partial charge in [0, 0.05) is 29.6 Å². The number of hydrogen-bond donors (Lipinski definition) is 0. The number of hydrogen-bond acceptors (Lipinski definition) is 3. The van der Waals surface area contributed by atoms with Crippen LogP contribution in [0.4, 0.5) is 5.95 Å². The van der Waals surface area contributed by atoms with Gasteiger partial charge in [-0.25, -0.2) is 9.97 Å². The van der Waals surface area contributed by atoms with Crippen LogP contribution >= 0.6 is 15.9 Å². The Morgan fingerprint density at radius 3 is 2.82 bits per heavy atom. The molecule has 2 rings (SSSR count). The number of nitrogens with zero attached hydrogens (tertiary/aromatic N) is 3. The molecule has 0 spiro atoms. The quantitative estimate of drug-likeness (QED) is 0.867. The highest BCUT2D eigenvalue weighted by atomic mass is 79.9. The highest BCUT2D eigenvalue weighted by molar-refractivity contribution is 9.10. The van der Waals surface area contributed by atoms with Crippen molar-refractivity contribution in [1.29, 1.82) is 0 Å². The molecule has 0 aliphatic rings. The molecule has 0 saturated heterocycles. The zero-order valence-electron chi connectivity index (χ0n) is 10.3. The Labute approximate surface area is 110 Å². The van der Waals surface area contributed by atoms with E-state index < -0.39 is 0 Å². The molecule has 0 fully saturated rings. The van der Waals surface area contributed by atoms with E-state index in [-0.39, 0.29) is 0 Å². The molecule has 0 aliphatic carbocycles. The summed E-state index contributed by atoms with van der Waals surface area (Å²) in [6.45, 7) is 5.33. The second-order valence-corrected chi connectivity index (χ2v) is 5.48. The Bertz CT molecular complexity index is 525. The number of benzene rings is 1. The SMILES string of the molecule is CC(C)CN(C)c1ncc2cccc(Br)c2n1. The van der Waals surface area contributed by atoms with Gasteiger partial charge in [-0.2, -0.15) is 0 Å². The lowest BCUT2D eigenvalue weighted by Gasteiger charge is -2.19. The van der Waals surface area contributed by atoms with Gasteiger partial charge in [-0.05, 0) is 27.9 Å². The molecular formula is C13H16BrN3. The Kier molecular flexibility index (Phi) is 3.62. The Hall–Kier alpha value is -1.16. The van der Waals surface area contributed by atoms with Gasteiger partial charge in [0.15, 0.2) is 0 Å². The standard InChI is InChI=1S/C13H16BrN3/c1-9(2)8-17(3)13-15-7-10-5-4-6-11(14)12(10)16-13/h4-7,9H,8H2,1-3H3. The van der Waals surface area contributed by atoms with Gasteiger partial charge in [0.2, 0.25) is 5.95 Å². The molecule has 1 aromatic heterocycles. The van der Waals surface area contributed by atoms with E-state index in [1.807, 2.05) is 31.4 Å².